The van der Waals surface area contributed by atoms with Crippen molar-refractivity contribution in [2.24, 2.45) is 5.92 Å². The molecule has 4 nitrogen and oxygen atoms in total. The summed E-state index contributed by atoms with van der Waals surface area (Å²) >= 11 is 3.15. The smallest absolute Gasteiger partial charge is 0.203 e. The van der Waals surface area contributed by atoms with E-state index in [4.69, 9.17) is 10.7 Å². The molecular formula is C13H20N4S2. The van der Waals surface area contributed by atoms with Crippen LogP contribution in [0.1, 0.15) is 45.3 Å². The number of hydrogen-bond donors (Lipinski definition) is 1. The molecule has 2 rings (SSSR count). The second-order valence-corrected chi connectivity index (χ2v) is 8.17. The van der Waals surface area contributed by atoms with Crippen molar-refractivity contribution in [2.75, 3.05) is 5.73 Å². The van der Waals surface area contributed by atoms with E-state index in [2.05, 4.69) is 44.8 Å². The second-order valence-electron chi connectivity index (χ2n) is 6.08. The van der Waals surface area contributed by atoms with E-state index in [1.165, 1.54) is 16.3 Å². The zero-order chi connectivity index (χ0) is 14.2. The third-order valence-corrected chi connectivity index (χ3v) is 4.58. The summed E-state index contributed by atoms with van der Waals surface area (Å²) in [7, 11) is 0. The molecule has 0 aliphatic rings. The van der Waals surface area contributed by atoms with Gasteiger partial charge < -0.3 is 5.73 Å². The average molecular weight is 296 g/mol. The molecule has 0 spiro atoms. The van der Waals surface area contributed by atoms with Crippen molar-refractivity contribution in [3.63, 3.8) is 0 Å². The highest BCUT2D eigenvalue weighted by Gasteiger charge is 2.26. The highest BCUT2D eigenvalue weighted by molar-refractivity contribution is 7.23. The number of nitrogen functional groups attached to an aromatic ring is 1. The van der Waals surface area contributed by atoms with Gasteiger partial charge in [-0.15, -0.1) is 21.5 Å². The predicted octanol–water partition coefficient (Wildman–Crippen LogP) is 3.74. The Bertz CT molecular complexity index is 563. The highest BCUT2D eigenvalue weighted by atomic mass is 32.1. The van der Waals surface area contributed by atoms with Crippen molar-refractivity contribution in [3.8, 4) is 9.88 Å². The maximum absolute atomic E-state index is 5.69. The van der Waals surface area contributed by atoms with Gasteiger partial charge in [-0.3, -0.25) is 0 Å². The topological polar surface area (TPSA) is 64.7 Å². The third-order valence-electron chi connectivity index (χ3n) is 2.60. The van der Waals surface area contributed by atoms with Gasteiger partial charge in [0.05, 0.1) is 15.6 Å². The lowest BCUT2D eigenvalue weighted by molar-refractivity contribution is 0.567. The minimum Gasteiger partial charge on any atom is -0.374 e. The number of thiazole rings is 1. The maximum atomic E-state index is 5.69. The van der Waals surface area contributed by atoms with E-state index in [0.29, 0.717) is 11.0 Å². The Hall–Kier alpha value is -1.01. The Kier molecular flexibility index (Phi) is 3.92. The normalized spacial score (nSPS) is 12.3. The Balaban J connectivity index is 2.48. The van der Waals surface area contributed by atoms with Crippen LogP contribution in [0.5, 0.6) is 0 Å². The van der Waals surface area contributed by atoms with Crippen LogP contribution in [0.4, 0.5) is 5.13 Å². The first-order chi connectivity index (χ1) is 8.77. The first kappa shape index (κ1) is 14.4. The van der Waals surface area contributed by atoms with Crippen LogP contribution in [0, 0.1) is 5.92 Å². The van der Waals surface area contributed by atoms with Gasteiger partial charge in [-0.2, -0.15) is 0 Å². The van der Waals surface area contributed by atoms with Crippen LogP contribution in [-0.2, 0) is 11.8 Å². The zero-order valence-corrected chi connectivity index (χ0v) is 13.7. The van der Waals surface area contributed by atoms with E-state index >= 15 is 0 Å². The first-order valence-corrected chi connectivity index (χ1v) is 8.00. The number of anilines is 1. The average Bonchev–Trinajstić information content (AvgIpc) is 2.82. The second kappa shape index (κ2) is 5.17. The minimum atomic E-state index is 0.00148. The van der Waals surface area contributed by atoms with Crippen LogP contribution in [0.3, 0.4) is 0 Å². The predicted molar refractivity (Wildman–Crippen MR) is 82.7 cm³/mol. The van der Waals surface area contributed by atoms with Gasteiger partial charge in [-0.05, 0) is 5.92 Å². The van der Waals surface area contributed by atoms with Crippen LogP contribution in [-0.4, -0.2) is 15.2 Å². The van der Waals surface area contributed by atoms with Crippen molar-refractivity contribution in [1.29, 1.82) is 0 Å². The molecule has 0 saturated carbocycles. The lowest BCUT2D eigenvalue weighted by atomic mass is 9.91. The molecule has 0 fully saturated rings. The molecule has 6 heteroatoms. The molecule has 19 heavy (non-hydrogen) atoms. The van der Waals surface area contributed by atoms with E-state index < -0.39 is 0 Å². The van der Waals surface area contributed by atoms with Crippen molar-refractivity contribution < 1.29 is 0 Å². The molecule has 0 aromatic carbocycles. The summed E-state index contributed by atoms with van der Waals surface area (Å²) in [6.07, 6.45) is 1.00. The van der Waals surface area contributed by atoms with Crippen LogP contribution in [0.2, 0.25) is 0 Å². The molecule has 0 radical (unpaired) electrons. The van der Waals surface area contributed by atoms with E-state index in [1.807, 2.05) is 0 Å². The SMILES string of the molecule is CC(C)Cc1nc(C(C)(C)C)c(-c2nnc(N)s2)s1. The molecule has 0 aliphatic heterocycles. The molecule has 0 atom stereocenters. The van der Waals surface area contributed by atoms with Crippen LogP contribution in [0.25, 0.3) is 9.88 Å². The number of nitrogens with zero attached hydrogens (tertiary/aromatic N) is 3. The van der Waals surface area contributed by atoms with Gasteiger partial charge in [0.2, 0.25) is 5.13 Å². The van der Waals surface area contributed by atoms with E-state index in [-0.39, 0.29) is 5.41 Å². The van der Waals surface area contributed by atoms with Crippen LogP contribution < -0.4 is 5.73 Å². The molecule has 0 saturated heterocycles. The zero-order valence-electron chi connectivity index (χ0n) is 12.0. The van der Waals surface area contributed by atoms with Gasteiger partial charge in [-0.25, -0.2) is 4.98 Å². The van der Waals surface area contributed by atoms with Crippen LogP contribution in [0.15, 0.2) is 0 Å². The van der Waals surface area contributed by atoms with Crippen molar-refractivity contribution in [1.82, 2.24) is 15.2 Å². The van der Waals surface area contributed by atoms with Gasteiger partial charge in [0.1, 0.15) is 0 Å². The largest absolute Gasteiger partial charge is 0.374 e. The summed E-state index contributed by atoms with van der Waals surface area (Å²) in [5.74, 6) is 0.603. The summed E-state index contributed by atoms with van der Waals surface area (Å²) in [4.78, 5) is 5.95. The number of nitrogens with two attached hydrogens (primary N) is 1. The first-order valence-electron chi connectivity index (χ1n) is 6.37. The Morgan fingerprint density at radius 1 is 1.16 bits per heavy atom. The van der Waals surface area contributed by atoms with Crippen molar-refractivity contribution >= 4 is 27.8 Å². The third kappa shape index (κ3) is 3.30. The Labute approximate surface area is 122 Å². The minimum absolute atomic E-state index is 0.00148. The quantitative estimate of drug-likeness (QED) is 0.937. The lowest BCUT2D eigenvalue weighted by Crippen LogP contribution is -2.13. The number of rotatable bonds is 3. The molecule has 2 aromatic rings. The van der Waals surface area contributed by atoms with E-state index in [1.54, 1.807) is 11.3 Å². The standard InChI is InChI=1S/C13H20N4S2/c1-7(2)6-8-15-10(13(3,4)5)9(18-8)11-16-17-12(14)19-11/h7H,6H2,1-5H3,(H2,14,17). The molecule has 0 unspecified atom stereocenters. The summed E-state index contributed by atoms with van der Waals surface area (Å²) < 4.78 is 0. The van der Waals surface area contributed by atoms with Gasteiger partial charge in [0.15, 0.2) is 5.01 Å². The molecule has 0 aliphatic carbocycles. The number of hydrogen-bond acceptors (Lipinski definition) is 6. The Morgan fingerprint density at radius 2 is 1.84 bits per heavy atom. The number of aromatic nitrogens is 3. The molecule has 104 valence electrons. The molecular weight excluding hydrogens is 276 g/mol. The summed E-state index contributed by atoms with van der Waals surface area (Å²) in [6.45, 7) is 10.9. The van der Waals surface area contributed by atoms with E-state index in [9.17, 15) is 0 Å². The van der Waals surface area contributed by atoms with Crippen LogP contribution >= 0.6 is 22.7 Å². The molecule has 0 amide bonds. The molecule has 2 heterocycles. The Morgan fingerprint density at radius 3 is 2.32 bits per heavy atom. The van der Waals surface area contributed by atoms with Crippen molar-refractivity contribution in [3.05, 3.63) is 10.7 Å². The molecule has 2 aromatic heterocycles. The van der Waals surface area contributed by atoms with Gasteiger partial charge in [-0.1, -0.05) is 46.0 Å². The lowest BCUT2D eigenvalue weighted by Gasteiger charge is -2.16. The van der Waals surface area contributed by atoms with Gasteiger partial charge in [0, 0.05) is 11.8 Å². The molecule has 0 bridgehead atoms. The summed E-state index contributed by atoms with van der Waals surface area (Å²) in [5, 5.41) is 10.6. The van der Waals surface area contributed by atoms with Crippen molar-refractivity contribution in [2.45, 2.75) is 46.5 Å². The summed E-state index contributed by atoms with van der Waals surface area (Å²) in [6, 6.07) is 0. The monoisotopic (exact) mass is 296 g/mol. The fourth-order valence-electron chi connectivity index (χ4n) is 1.78. The molecule has 2 N–H and O–H groups in total. The maximum Gasteiger partial charge on any atom is 0.203 e. The fourth-order valence-corrected chi connectivity index (χ4v) is 3.95. The van der Waals surface area contributed by atoms with E-state index in [0.717, 1.165) is 22.0 Å². The highest BCUT2D eigenvalue weighted by Crippen LogP contribution is 2.39. The summed E-state index contributed by atoms with van der Waals surface area (Å²) in [5.41, 5.74) is 6.79. The van der Waals surface area contributed by atoms with Gasteiger partial charge >= 0.3 is 0 Å². The van der Waals surface area contributed by atoms with Gasteiger partial charge in [0.25, 0.3) is 0 Å². The fraction of sp³-hybridized carbons (Fsp3) is 0.615.